The Morgan fingerprint density at radius 2 is 1.62 bits per heavy atom. The van der Waals surface area contributed by atoms with E-state index in [-0.39, 0.29) is 18.2 Å². The van der Waals surface area contributed by atoms with Crippen molar-refractivity contribution in [2.45, 2.75) is 65.7 Å². The molecule has 2 aromatic carbocycles. The molecule has 4 rings (SSSR count). The van der Waals surface area contributed by atoms with Crippen molar-refractivity contribution in [3.8, 4) is 5.75 Å². The van der Waals surface area contributed by atoms with E-state index in [1.165, 1.54) is 39.5 Å². The number of ether oxygens (including phenoxy) is 2. The minimum absolute atomic E-state index is 0. The van der Waals surface area contributed by atoms with Gasteiger partial charge in [0.25, 0.3) is 0 Å². The molecule has 6 nitrogen and oxygen atoms in total. The molecule has 2 atom stereocenters. The molecule has 218 valence electrons. The molecule has 7 heteroatoms. The van der Waals surface area contributed by atoms with Crippen LogP contribution in [0, 0.1) is 11.8 Å². The topological polar surface area (TPSA) is 69.0 Å². The number of fused-ring (bicyclic) bond motifs is 1. The molecule has 0 aliphatic carbocycles. The average Bonchev–Trinajstić information content (AvgIpc) is 3.34. The van der Waals surface area contributed by atoms with Crippen molar-refractivity contribution in [2.75, 3.05) is 33.4 Å². The van der Waals surface area contributed by atoms with E-state index in [0.29, 0.717) is 46.4 Å². The van der Waals surface area contributed by atoms with Crippen LogP contribution >= 0.6 is 12.4 Å². The van der Waals surface area contributed by atoms with Gasteiger partial charge in [0.15, 0.2) is 5.78 Å². The first-order valence-corrected chi connectivity index (χ1v) is 14.6. The minimum atomic E-state index is -0.432. The van der Waals surface area contributed by atoms with Gasteiger partial charge in [0.1, 0.15) is 17.1 Å². The van der Waals surface area contributed by atoms with Gasteiger partial charge in [-0.25, -0.2) is 4.79 Å². The lowest BCUT2D eigenvalue weighted by atomic mass is 9.86. The Morgan fingerprint density at radius 3 is 2.25 bits per heavy atom. The summed E-state index contributed by atoms with van der Waals surface area (Å²) in [5, 5.41) is 0.715. The van der Waals surface area contributed by atoms with Crippen molar-refractivity contribution in [1.29, 1.82) is 0 Å². The number of carbonyl (C=O) groups excluding carboxylic acids is 2. The van der Waals surface area contributed by atoms with Crippen molar-refractivity contribution < 1.29 is 23.5 Å². The third kappa shape index (κ3) is 7.67. The summed E-state index contributed by atoms with van der Waals surface area (Å²) >= 11 is 0. The Balaban J connectivity index is 0.00000441. The summed E-state index contributed by atoms with van der Waals surface area (Å²) < 4.78 is 16.9. The predicted octanol–water partition coefficient (Wildman–Crippen LogP) is 7.74. The molecule has 1 aliphatic heterocycles. The number of esters is 1. The molecule has 0 spiro atoms. The number of likely N-dealkylation sites (tertiary alicyclic amines) is 1. The number of halogens is 1. The van der Waals surface area contributed by atoms with Gasteiger partial charge in [-0.2, -0.15) is 0 Å². The predicted molar refractivity (Wildman–Crippen MR) is 162 cm³/mol. The quantitative estimate of drug-likeness (QED) is 0.119. The first kappa shape index (κ1) is 31.7. The maximum absolute atomic E-state index is 13.6. The maximum atomic E-state index is 13.6. The van der Waals surface area contributed by atoms with Gasteiger partial charge in [0.05, 0.1) is 24.8 Å². The van der Waals surface area contributed by atoms with Crippen LogP contribution in [0.3, 0.4) is 0 Å². The fraction of sp³-hybridized carbons (Fsp3) is 0.515. The summed E-state index contributed by atoms with van der Waals surface area (Å²) in [5.41, 5.74) is 2.08. The summed E-state index contributed by atoms with van der Waals surface area (Å²) in [6.45, 7) is 10.9. The average molecular weight is 570 g/mol. The molecule has 1 aromatic heterocycles. The van der Waals surface area contributed by atoms with Gasteiger partial charge >= 0.3 is 5.97 Å². The molecule has 3 aromatic rings. The van der Waals surface area contributed by atoms with Gasteiger partial charge < -0.3 is 18.8 Å². The smallest absolute Gasteiger partial charge is 0.337 e. The Morgan fingerprint density at radius 1 is 0.950 bits per heavy atom. The zero-order valence-electron chi connectivity index (χ0n) is 24.4. The van der Waals surface area contributed by atoms with Crippen LogP contribution in [0.1, 0.15) is 91.3 Å². The largest absolute Gasteiger partial charge is 0.494 e. The van der Waals surface area contributed by atoms with E-state index in [4.69, 9.17) is 13.9 Å². The number of rotatable bonds is 13. The lowest BCUT2D eigenvalue weighted by molar-refractivity contribution is 0.0600. The number of benzene rings is 2. The fourth-order valence-corrected chi connectivity index (χ4v) is 5.68. The SMILES string of the molecule is CCCCc1oc2cc(C(=O)OC)ccc2c1C(=O)c1ccc(OCCCN2CC(CC)CC(CC)C2)cc1.Cl. The molecule has 0 N–H and O–H groups in total. The van der Waals surface area contributed by atoms with Crippen molar-refractivity contribution in [2.24, 2.45) is 11.8 Å². The highest BCUT2D eigenvalue weighted by Gasteiger charge is 2.25. The van der Waals surface area contributed by atoms with E-state index in [9.17, 15) is 9.59 Å². The van der Waals surface area contributed by atoms with E-state index >= 15 is 0 Å². The van der Waals surface area contributed by atoms with Gasteiger partial charge in [0, 0.05) is 37.0 Å². The molecule has 1 saturated heterocycles. The second kappa shape index (κ2) is 15.2. The Labute approximate surface area is 244 Å². The molecule has 2 heterocycles. The van der Waals surface area contributed by atoms with Gasteiger partial charge in [-0.1, -0.05) is 40.0 Å². The first-order valence-electron chi connectivity index (χ1n) is 14.6. The van der Waals surface area contributed by atoms with Crippen LogP contribution in [0.5, 0.6) is 5.75 Å². The molecule has 2 unspecified atom stereocenters. The standard InChI is InChI=1S/C33H43NO5.ClH/c1-5-8-10-29-31(28-16-13-26(33(36)37-4)20-30(28)39-29)32(35)25-11-14-27(15-12-25)38-18-9-17-34-21-23(6-2)19-24(7-3)22-34;/h11-16,20,23-24H,5-10,17-19,21-22H2,1-4H3;1H. The zero-order chi connectivity index (χ0) is 27.8. The third-order valence-corrected chi connectivity index (χ3v) is 8.03. The number of unbranched alkanes of at least 4 members (excludes halogenated alkanes) is 1. The van der Waals surface area contributed by atoms with E-state index in [1.54, 1.807) is 18.2 Å². The second-order valence-corrected chi connectivity index (χ2v) is 10.8. The van der Waals surface area contributed by atoms with Crippen LogP contribution in [0.2, 0.25) is 0 Å². The van der Waals surface area contributed by atoms with Crippen LogP contribution in [0.25, 0.3) is 11.0 Å². The third-order valence-electron chi connectivity index (χ3n) is 8.03. The molecule has 40 heavy (non-hydrogen) atoms. The summed E-state index contributed by atoms with van der Waals surface area (Å²) in [6, 6.07) is 12.5. The first-order chi connectivity index (χ1) is 19.0. The summed E-state index contributed by atoms with van der Waals surface area (Å²) in [6.07, 6.45) is 7.44. The number of furan rings is 1. The van der Waals surface area contributed by atoms with Crippen LogP contribution < -0.4 is 4.74 Å². The molecule has 1 fully saturated rings. The Bertz CT molecular complexity index is 1240. The van der Waals surface area contributed by atoms with E-state index in [2.05, 4.69) is 25.7 Å². The monoisotopic (exact) mass is 569 g/mol. The number of hydrogen-bond donors (Lipinski definition) is 0. The number of methoxy groups -OCH3 is 1. The van der Waals surface area contributed by atoms with Crippen LogP contribution in [0.15, 0.2) is 46.9 Å². The molecule has 1 aliphatic rings. The highest BCUT2D eigenvalue weighted by molar-refractivity contribution is 6.17. The normalized spacial score (nSPS) is 17.4. The lowest BCUT2D eigenvalue weighted by Gasteiger charge is -2.37. The number of piperidine rings is 1. The molecule has 0 saturated carbocycles. The van der Waals surface area contributed by atoms with E-state index in [0.717, 1.165) is 43.4 Å². The zero-order valence-corrected chi connectivity index (χ0v) is 25.2. The molecule has 0 radical (unpaired) electrons. The molecular formula is C33H44ClNO5. The summed E-state index contributed by atoms with van der Waals surface area (Å²) in [7, 11) is 1.35. The van der Waals surface area contributed by atoms with E-state index < -0.39 is 5.97 Å². The minimum Gasteiger partial charge on any atom is -0.494 e. The molecule has 0 bridgehead atoms. The Hall–Kier alpha value is -2.83. The van der Waals surface area contributed by atoms with Crippen molar-refractivity contribution >= 4 is 35.1 Å². The van der Waals surface area contributed by atoms with Gasteiger partial charge in [0.2, 0.25) is 0 Å². The summed E-state index contributed by atoms with van der Waals surface area (Å²) in [4.78, 5) is 28.2. The number of nitrogens with zero attached hydrogens (tertiary/aromatic N) is 1. The second-order valence-electron chi connectivity index (χ2n) is 10.8. The van der Waals surface area contributed by atoms with Crippen molar-refractivity contribution in [3.05, 3.63) is 64.9 Å². The molecule has 0 amide bonds. The summed E-state index contributed by atoms with van der Waals surface area (Å²) in [5.74, 6) is 2.55. The van der Waals surface area contributed by atoms with Crippen LogP contribution in [0.4, 0.5) is 0 Å². The van der Waals surface area contributed by atoms with Gasteiger partial charge in [-0.15, -0.1) is 12.4 Å². The maximum Gasteiger partial charge on any atom is 0.337 e. The lowest BCUT2D eigenvalue weighted by Crippen LogP contribution is -2.41. The highest BCUT2D eigenvalue weighted by Crippen LogP contribution is 2.31. The van der Waals surface area contributed by atoms with Crippen LogP contribution in [-0.4, -0.2) is 50.0 Å². The van der Waals surface area contributed by atoms with Crippen molar-refractivity contribution in [3.63, 3.8) is 0 Å². The Kier molecular flexibility index (Phi) is 12.1. The van der Waals surface area contributed by atoms with Crippen LogP contribution in [-0.2, 0) is 11.2 Å². The number of aryl methyl sites for hydroxylation is 1. The highest BCUT2D eigenvalue weighted by atomic mass is 35.5. The number of carbonyl (C=O) groups is 2. The molecular weight excluding hydrogens is 526 g/mol. The van der Waals surface area contributed by atoms with Gasteiger partial charge in [-0.05, 0) is 73.6 Å². The van der Waals surface area contributed by atoms with E-state index in [1.807, 2.05) is 24.3 Å². The number of ketones is 1. The van der Waals surface area contributed by atoms with Gasteiger partial charge in [-0.3, -0.25) is 4.79 Å². The fourth-order valence-electron chi connectivity index (χ4n) is 5.68. The van der Waals surface area contributed by atoms with Crippen molar-refractivity contribution in [1.82, 2.24) is 4.90 Å². The number of hydrogen-bond acceptors (Lipinski definition) is 6.